The van der Waals surface area contributed by atoms with Crippen molar-refractivity contribution in [1.29, 1.82) is 0 Å². The Balaban J connectivity index is 2.65. The zero-order chi connectivity index (χ0) is 10.8. The molecule has 0 saturated heterocycles. The molecule has 4 heteroatoms. The quantitative estimate of drug-likeness (QED) is 0.869. The second kappa shape index (κ2) is 4.21. The minimum absolute atomic E-state index is 0.465. The van der Waals surface area contributed by atoms with E-state index in [1.54, 1.807) is 0 Å². The Bertz CT molecular complexity index is 476. The van der Waals surface area contributed by atoms with Crippen LogP contribution in [0.5, 0.6) is 0 Å². The van der Waals surface area contributed by atoms with E-state index in [0.717, 1.165) is 34.8 Å². The van der Waals surface area contributed by atoms with Crippen LogP contribution < -0.4 is 5.73 Å². The van der Waals surface area contributed by atoms with Gasteiger partial charge in [-0.1, -0.05) is 18.5 Å². The number of fused-ring (bicyclic) bond motifs is 1. The van der Waals surface area contributed by atoms with Crippen molar-refractivity contribution in [3.05, 3.63) is 29.0 Å². The molecule has 2 N–H and O–H groups in total. The van der Waals surface area contributed by atoms with Crippen molar-refractivity contribution in [3.8, 4) is 0 Å². The predicted octanol–water partition coefficient (Wildman–Crippen LogP) is 2.56. The lowest BCUT2D eigenvalue weighted by Gasteiger charge is -2.05. The fourth-order valence-electron chi connectivity index (χ4n) is 1.77. The van der Waals surface area contributed by atoms with Gasteiger partial charge in [-0.3, -0.25) is 0 Å². The van der Waals surface area contributed by atoms with Crippen molar-refractivity contribution in [3.63, 3.8) is 0 Å². The summed E-state index contributed by atoms with van der Waals surface area (Å²) in [6.07, 6.45) is 1.06. The third-order valence-electron chi connectivity index (χ3n) is 2.42. The average molecular weight is 224 g/mol. The zero-order valence-electron chi connectivity index (χ0n) is 8.70. The van der Waals surface area contributed by atoms with Crippen molar-refractivity contribution >= 4 is 22.6 Å². The summed E-state index contributed by atoms with van der Waals surface area (Å²) in [6.45, 7) is 3.53. The molecule has 2 rings (SSSR count). The van der Waals surface area contributed by atoms with E-state index in [-0.39, 0.29) is 0 Å². The first-order valence-electron chi connectivity index (χ1n) is 5.11. The van der Waals surface area contributed by atoms with Crippen LogP contribution in [0.2, 0.25) is 5.02 Å². The number of hydrogen-bond acceptors (Lipinski definition) is 2. The molecule has 0 aliphatic carbocycles. The fraction of sp³-hybridized carbons (Fsp3) is 0.364. The molecule has 0 fully saturated rings. The maximum atomic E-state index is 5.97. The molecule has 0 aliphatic rings. The van der Waals surface area contributed by atoms with E-state index in [2.05, 4.69) is 16.5 Å². The van der Waals surface area contributed by atoms with Gasteiger partial charge in [0, 0.05) is 11.6 Å². The highest BCUT2D eigenvalue weighted by Crippen LogP contribution is 2.20. The molecule has 0 radical (unpaired) electrons. The van der Waals surface area contributed by atoms with Gasteiger partial charge in [0.2, 0.25) is 0 Å². The minimum Gasteiger partial charge on any atom is -0.327 e. The van der Waals surface area contributed by atoms with Crippen LogP contribution in [0, 0.1) is 0 Å². The standard InChI is InChI=1S/C11H14ClN3/c1-2-5-15-10-6-8(12)3-4-9(10)14-11(15)7-13/h3-4,6H,2,5,7,13H2,1H3. The molecule has 0 amide bonds. The van der Waals surface area contributed by atoms with Gasteiger partial charge in [0.1, 0.15) is 5.82 Å². The number of nitrogens with zero attached hydrogens (tertiary/aromatic N) is 2. The summed E-state index contributed by atoms with van der Waals surface area (Å²) >= 11 is 5.97. The van der Waals surface area contributed by atoms with Crippen LogP contribution in [0.15, 0.2) is 18.2 Å². The van der Waals surface area contributed by atoms with E-state index in [4.69, 9.17) is 17.3 Å². The van der Waals surface area contributed by atoms with Crippen LogP contribution in [0.4, 0.5) is 0 Å². The maximum absolute atomic E-state index is 5.97. The first-order valence-corrected chi connectivity index (χ1v) is 5.48. The summed E-state index contributed by atoms with van der Waals surface area (Å²) in [5.41, 5.74) is 7.71. The molecular weight excluding hydrogens is 210 g/mol. The molecule has 1 heterocycles. The summed E-state index contributed by atoms with van der Waals surface area (Å²) in [5, 5.41) is 0.739. The van der Waals surface area contributed by atoms with Gasteiger partial charge < -0.3 is 10.3 Å². The van der Waals surface area contributed by atoms with E-state index in [0.29, 0.717) is 6.54 Å². The van der Waals surface area contributed by atoms with Crippen LogP contribution in [-0.4, -0.2) is 9.55 Å². The van der Waals surface area contributed by atoms with Gasteiger partial charge in [-0.15, -0.1) is 0 Å². The minimum atomic E-state index is 0.465. The topological polar surface area (TPSA) is 43.8 Å². The van der Waals surface area contributed by atoms with E-state index in [1.807, 2.05) is 18.2 Å². The van der Waals surface area contributed by atoms with Gasteiger partial charge in [0.25, 0.3) is 0 Å². The maximum Gasteiger partial charge on any atom is 0.123 e. The molecule has 1 aromatic heterocycles. The molecule has 0 saturated carbocycles. The molecule has 0 unspecified atom stereocenters. The highest BCUT2D eigenvalue weighted by atomic mass is 35.5. The third-order valence-corrected chi connectivity index (χ3v) is 2.65. The Morgan fingerprint density at radius 3 is 2.93 bits per heavy atom. The summed E-state index contributed by atoms with van der Waals surface area (Å²) in [5.74, 6) is 0.925. The van der Waals surface area contributed by atoms with Crippen LogP contribution in [0.3, 0.4) is 0 Å². The molecule has 0 aliphatic heterocycles. The number of imidazole rings is 1. The smallest absolute Gasteiger partial charge is 0.123 e. The molecule has 0 atom stereocenters. The summed E-state index contributed by atoms with van der Waals surface area (Å²) in [4.78, 5) is 4.47. The lowest BCUT2D eigenvalue weighted by Crippen LogP contribution is -2.08. The Hall–Kier alpha value is -1.06. The number of rotatable bonds is 3. The average Bonchev–Trinajstić information content (AvgIpc) is 2.57. The number of benzene rings is 1. The zero-order valence-corrected chi connectivity index (χ0v) is 9.46. The lowest BCUT2D eigenvalue weighted by atomic mass is 10.3. The van der Waals surface area contributed by atoms with Crippen molar-refractivity contribution in [2.45, 2.75) is 26.4 Å². The monoisotopic (exact) mass is 223 g/mol. The molecular formula is C11H14ClN3. The first-order chi connectivity index (χ1) is 7.26. The number of hydrogen-bond donors (Lipinski definition) is 1. The largest absolute Gasteiger partial charge is 0.327 e. The predicted molar refractivity (Wildman–Crippen MR) is 62.9 cm³/mol. The number of aromatic nitrogens is 2. The third kappa shape index (κ3) is 1.85. The van der Waals surface area contributed by atoms with Gasteiger partial charge in [0.05, 0.1) is 17.6 Å². The highest BCUT2D eigenvalue weighted by molar-refractivity contribution is 6.31. The Kier molecular flexibility index (Phi) is 2.93. The van der Waals surface area contributed by atoms with Crippen molar-refractivity contribution < 1.29 is 0 Å². The van der Waals surface area contributed by atoms with Crippen molar-refractivity contribution in [1.82, 2.24) is 9.55 Å². The molecule has 80 valence electrons. The summed E-state index contributed by atoms with van der Waals surface area (Å²) < 4.78 is 2.14. The van der Waals surface area contributed by atoms with E-state index < -0.39 is 0 Å². The number of nitrogens with two attached hydrogens (primary N) is 1. The Labute approximate surface area is 93.9 Å². The second-order valence-electron chi connectivity index (χ2n) is 3.52. The molecule has 0 spiro atoms. The second-order valence-corrected chi connectivity index (χ2v) is 3.95. The van der Waals surface area contributed by atoms with E-state index in [1.165, 1.54) is 0 Å². The Morgan fingerprint density at radius 2 is 2.27 bits per heavy atom. The summed E-state index contributed by atoms with van der Waals surface area (Å²) in [7, 11) is 0. The van der Waals surface area contributed by atoms with Crippen LogP contribution in [0.1, 0.15) is 19.2 Å². The molecule has 15 heavy (non-hydrogen) atoms. The van der Waals surface area contributed by atoms with Gasteiger partial charge in [0.15, 0.2) is 0 Å². The van der Waals surface area contributed by atoms with E-state index in [9.17, 15) is 0 Å². The highest BCUT2D eigenvalue weighted by Gasteiger charge is 2.08. The van der Waals surface area contributed by atoms with Gasteiger partial charge in [-0.05, 0) is 24.6 Å². The molecule has 1 aromatic carbocycles. The van der Waals surface area contributed by atoms with Gasteiger partial charge in [-0.25, -0.2) is 4.98 Å². The number of aryl methyl sites for hydroxylation is 1. The van der Waals surface area contributed by atoms with Crippen LogP contribution in [0.25, 0.3) is 11.0 Å². The summed E-state index contributed by atoms with van der Waals surface area (Å²) in [6, 6.07) is 5.73. The molecule has 0 bridgehead atoms. The van der Waals surface area contributed by atoms with Gasteiger partial charge in [-0.2, -0.15) is 0 Å². The fourth-order valence-corrected chi connectivity index (χ4v) is 1.94. The van der Waals surface area contributed by atoms with Crippen LogP contribution >= 0.6 is 11.6 Å². The Morgan fingerprint density at radius 1 is 1.47 bits per heavy atom. The SMILES string of the molecule is CCCn1c(CN)nc2ccc(Cl)cc21. The molecule has 2 aromatic rings. The first kappa shape index (κ1) is 10.5. The van der Waals surface area contributed by atoms with E-state index >= 15 is 0 Å². The van der Waals surface area contributed by atoms with Gasteiger partial charge >= 0.3 is 0 Å². The molecule has 3 nitrogen and oxygen atoms in total. The van der Waals surface area contributed by atoms with Crippen molar-refractivity contribution in [2.75, 3.05) is 0 Å². The normalized spacial score (nSPS) is 11.1. The van der Waals surface area contributed by atoms with Crippen LogP contribution in [-0.2, 0) is 13.1 Å². The lowest BCUT2D eigenvalue weighted by molar-refractivity contribution is 0.655. The van der Waals surface area contributed by atoms with Crippen molar-refractivity contribution in [2.24, 2.45) is 5.73 Å². The number of halogens is 1.